The number of hydrazine groups is 1. The molecule has 0 spiro atoms. The first-order chi connectivity index (χ1) is 21.8. The second kappa shape index (κ2) is 15.1. The molecule has 4 aromatic rings. The van der Waals surface area contributed by atoms with Crippen molar-refractivity contribution in [2.24, 2.45) is 4.99 Å². The molecular formula is C35H36Br2N4O4. The van der Waals surface area contributed by atoms with Crippen molar-refractivity contribution in [2.75, 3.05) is 32.2 Å². The number of carbonyl (C=O) groups excluding carboxylic acids is 1. The topological polar surface area (TPSA) is 95.4 Å². The van der Waals surface area contributed by atoms with Crippen LogP contribution in [0.3, 0.4) is 0 Å². The van der Waals surface area contributed by atoms with Gasteiger partial charge in [-0.15, -0.1) is 0 Å². The number of halogens is 2. The molecule has 0 aliphatic carbocycles. The number of aliphatic hydroxyl groups excluding tert-OH is 1. The lowest BCUT2D eigenvalue weighted by Gasteiger charge is -2.31. The van der Waals surface area contributed by atoms with Crippen LogP contribution in [0.15, 0.2) is 111 Å². The van der Waals surface area contributed by atoms with Crippen LogP contribution in [0.25, 0.3) is 0 Å². The largest absolute Gasteiger partial charge is 0.494 e. The van der Waals surface area contributed by atoms with Crippen molar-refractivity contribution in [3.63, 3.8) is 0 Å². The van der Waals surface area contributed by atoms with E-state index in [0.717, 1.165) is 36.9 Å². The predicted octanol–water partition coefficient (Wildman–Crippen LogP) is 6.36. The summed E-state index contributed by atoms with van der Waals surface area (Å²) in [6, 6.07) is 31.2. The van der Waals surface area contributed by atoms with Crippen LogP contribution in [0, 0.1) is 0 Å². The maximum Gasteiger partial charge on any atom is 0.266 e. The molecule has 0 radical (unpaired) electrons. The smallest absolute Gasteiger partial charge is 0.266 e. The van der Waals surface area contributed by atoms with E-state index in [1.807, 2.05) is 116 Å². The number of nitrogens with one attached hydrogen (secondary N) is 2. The lowest BCUT2D eigenvalue weighted by molar-refractivity contribution is -0.130. The Labute approximate surface area is 280 Å². The molecule has 10 heteroatoms. The molecule has 0 saturated heterocycles. The molecule has 1 amide bonds. The van der Waals surface area contributed by atoms with Crippen LogP contribution in [0.4, 0.5) is 5.69 Å². The minimum Gasteiger partial charge on any atom is -0.494 e. The van der Waals surface area contributed by atoms with E-state index in [-0.39, 0.29) is 18.9 Å². The van der Waals surface area contributed by atoms with Gasteiger partial charge in [0.2, 0.25) is 5.90 Å². The normalized spacial score (nSPS) is 17.4. The van der Waals surface area contributed by atoms with Gasteiger partial charge < -0.3 is 19.5 Å². The quantitative estimate of drug-likeness (QED) is 0.109. The van der Waals surface area contributed by atoms with Crippen molar-refractivity contribution >= 4 is 49.4 Å². The Hall–Kier alpha value is -3.70. The van der Waals surface area contributed by atoms with Crippen molar-refractivity contribution < 1.29 is 19.4 Å². The van der Waals surface area contributed by atoms with Crippen LogP contribution >= 0.6 is 31.9 Å². The Bertz CT molecular complexity index is 1610. The van der Waals surface area contributed by atoms with E-state index in [1.165, 1.54) is 0 Å². The molecule has 0 unspecified atom stereocenters. The van der Waals surface area contributed by atoms with E-state index in [9.17, 15) is 4.79 Å². The van der Waals surface area contributed by atoms with Crippen LogP contribution in [-0.4, -0.2) is 49.8 Å². The number of ether oxygens (including phenoxy) is 2. The van der Waals surface area contributed by atoms with Crippen molar-refractivity contribution in [1.29, 1.82) is 0 Å². The Balaban J connectivity index is 1.49. The monoisotopic (exact) mass is 734 g/mol. The van der Waals surface area contributed by atoms with E-state index in [1.54, 1.807) is 0 Å². The zero-order chi connectivity index (χ0) is 31.8. The summed E-state index contributed by atoms with van der Waals surface area (Å²) >= 11 is 7.21. The summed E-state index contributed by atoms with van der Waals surface area (Å²) < 4.78 is 14.1. The number of carbonyl (C=O) groups is 1. The van der Waals surface area contributed by atoms with Gasteiger partial charge in [0.1, 0.15) is 5.75 Å². The number of rotatable bonds is 13. The fourth-order valence-electron chi connectivity index (χ4n) is 5.10. The van der Waals surface area contributed by atoms with Gasteiger partial charge in [-0.1, -0.05) is 74.3 Å². The third-order valence-corrected chi connectivity index (χ3v) is 8.87. The lowest BCUT2D eigenvalue weighted by atomic mass is 9.82. The van der Waals surface area contributed by atoms with Crippen LogP contribution < -0.4 is 20.5 Å². The minimum absolute atomic E-state index is 0.0689. The highest BCUT2D eigenvalue weighted by atomic mass is 79.9. The Morgan fingerprint density at radius 2 is 1.69 bits per heavy atom. The summed E-state index contributed by atoms with van der Waals surface area (Å²) in [5.41, 5.74) is 9.34. The van der Waals surface area contributed by atoms with E-state index in [2.05, 4.69) is 42.7 Å². The maximum absolute atomic E-state index is 14.4. The van der Waals surface area contributed by atoms with Crippen molar-refractivity contribution in [3.8, 4) is 5.75 Å². The molecule has 0 aromatic heterocycles. The molecule has 4 aromatic carbocycles. The Kier molecular flexibility index (Phi) is 10.9. The van der Waals surface area contributed by atoms with Crippen LogP contribution in [0.1, 0.15) is 34.8 Å². The molecule has 234 valence electrons. The number of hydrogen-bond donors (Lipinski definition) is 3. The van der Waals surface area contributed by atoms with Gasteiger partial charge in [-0.25, -0.2) is 10.4 Å². The first-order valence-corrected chi connectivity index (χ1v) is 16.3. The molecule has 5 rings (SSSR count). The number of aliphatic imine (C=N–C) groups is 1. The summed E-state index contributed by atoms with van der Waals surface area (Å²) in [5, 5.41) is 9.07. The lowest BCUT2D eigenvalue weighted by Crippen LogP contribution is -2.53. The van der Waals surface area contributed by atoms with Crippen LogP contribution in [0.5, 0.6) is 5.75 Å². The average molecular weight is 737 g/mol. The second-order valence-corrected chi connectivity index (χ2v) is 12.7. The average Bonchev–Trinajstić information content (AvgIpc) is 3.43. The van der Waals surface area contributed by atoms with Crippen LogP contribution in [0.2, 0.25) is 0 Å². The van der Waals surface area contributed by atoms with Crippen LogP contribution in [-0.2, 0) is 22.5 Å². The van der Waals surface area contributed by atoms with Crippen molar-refractivity contribution in [3.05, 3.63) is 128 Å². The summed E-state index contributed by atoms with van der Waals surface area (Å²) in [7, 11) is 4.00. The highest BCUT2D eigenvalue weighted by Gasteiger charge is 2.53. The molecular weight excluding hydrogens is 700 g/mol. The van der Waals surface area contributed by atoms with Crippen molar-refractivity contribution in [2.45, 2.75) is 31.0 Å². The first-order valence-electron chi connectivity index (χ1n) is 14.7. The Morgan fingerprint density at radius 1 is 0.978 bits per heavy atom. The van der Waals surface area contributed by atoms with E-state index < -0.39 is 11.6 Å². The van der Waals surface area contributed by atoms with Gasteiger partial charge in [-0.2, -0.15) is 0 Å². The molecule has 1 aliphatic heterocycles. The zero-order valence-corrected chi connectivity index (χ0v) is 28.3. The predicted molar refractivity (Wildman–Crippen MR) is 184 cm³/mol. The summed E-state index contributed by atoms with van der Waals surface area (Å²) in [4.78, 5) is 21.6. The molecule has 2 atom stereocenters. The number of anilines is 1. The van der Waals surface area contributed by atoms with Gasteiger partial charge in [0.25, 0.3) is 5.91 Å². The van der Waals surface area contributed by atoms with Gasteiger partial charge in [0, 0.05) is 60.3 Å². The van der Waals surface area contributed by atoms with Gasteiger partial charge in [-0.05, 0) is 71.3 Å². The molecule has 0 bridgehead atoms. The van der Waals surface area contributed by atoms with E-state index in [4.69, 9.17) is 19.6 Å². The molecule has 0 fully saturated rings. The summed E-state index contributed by atoms with van der Waals surface area (Å²) in [6.07, 6.45) is 0.120. The van der Waals surface area contributed by atoms with E-state index >= 15 is 0 Å². The fraction of sp³-hybridized carbons (Fsp3) is 0.257. The van der Waals surface area contributed by atoms with E-state index in [0.29, 0.717) is 31.2 Å². The maximum atomic E-state index is 14.4. The molecule has 45 heavy (non-hydrogen) atoms. The summed E-state index contributed by atoms with van der Waals surface area (Å²) in [5.74, 6) is 0.733. The fourth-order valence-corrected chi connectivity index (χ4v) is 5.79. The van der Waals surface area contributed by atoms with Gasteiger partial charge in [0.15, 0.2) is 11.6 Å². The third-order valence-electron chi connectivity index (χ3n) is 7.57. The molecule has 3 N–H and O–H groups in total. The second-order valence-electron chi connectivity index (χ2n) is 11.0. The van der Waals surface area contributed by atoms with Gasteiger partial charge in [-0.3, -0.25) is 10.2 Å². The van der Waals surface area contributed by atoms with Gasteiger partial charge >= 0.3 is 0 Å². The molecule has 8 nitrogen and oxygen atoms in total. The molecule has 1 heterocycles. The third kappa shape index (κ3) is 7.94. The Morgan fingerprint density at radius 3 is 2.36 bits per heavy atom. The first kappa shape index (κ1) is 32.7. The molecule has 0 saturated carbocycles. The molecule has 1 aliphatic rings. The highest BCUT2D eigenvalue weighted by Crippen LogP contribution is 2.43. The number of benzene rings is 4. The standard InChI is InChI=1S/C35H36Br2N4O4/c1-41(2)29-16-8-24(9-17-29)23-38-40-34(43)35(22-27-6-3-4-7-31(27)37)32(25-10-14-28(36)15-11-25)45-33(39-35)26-12-18-30(19-13-26)44-21-5-20-42/h3-4,6-19,32,38,42H,5,20-23H2,1-2H3,(H,40,43)/t32-,35-/m0/s1. The minimum atomic E-state index is -1.34. The van der Waals surface area contributed by atoms with Gasteiger partial charge in [0.05, 0.1) is 6.61 Å². The zero-order valence-electron chi connectivity index (χ0n) is 25.2. The van der Waals surface area contributed by atoms with Crippen molar-refractivity contribution in [1.82, 2.24) is 10.9 Å². The number of hydrogen-bond acceptors (Lipinski definition) is 7. The number of nitrogens with zero attached hydrogens (tertiary/aromatic N) is 2. The summed E-state index contributed by atoms with van der Waals surface area (Å²) in [6.45, 7) is 0.920. The SMILES string of the molecule is CN(C)c1ccc(CNNC(=O)[C@@]2(Cc3ccccc3Br)N=C(c3ccc(OCCCO)cc3)O[C@H]2c2ccc(Br)cc2)cc1. The number of aliphatic hydroxyl groups is 1. The number of amides is 1. The highest BCUT2D eigenvalue weighted by molar-refractivity contribution is 9.10.